The highest BCUT2D eigenvalue weighted by Crippen LogP contribution is 2.48. The summed E-state index contributed by atoms with van der Waals surface area (Å²) in [5.74, 6) is 16.2. The fraction of sp³-hybridized carbons (Fsp3) is 0.483. The standard InChI is InChI=1S/C21H27OS.2C20H25OS.C20H27OS.C18H23OS.C17H21OS/c22-21(13-5-1-6-14-21)19-11-12-20(23-15-7-2-8-16-23)18-10-4-3-9-17(18)19;21-20(12-4-5-13-20)18-10-11-19(22-14-6-1-7-15-22)17-9-3-2-8-16(17)18;21-20(12-4-1-5-13-20)18-10-11-19(22-14-6-7-15-22)17-9-3-2-8-16(17)18;1-3-20(21,4-2)18-12-13-19(22-14-8-5-9-15-22)17-11-7-6-10-16(17)18;1-18(2,19)16-10-11-17(20-12-6-3-7-13-20)15-9-5-4-8-14(15)16;1-13(18)14-9-10-17(19-11-5-2-6-12-19)16-8-4-3-7-15(14)16/h3-4,9-12,22H,1-2,5-8,13-16H2;2*2-3,8-11,21H,1,4-7,12-15H2;6-7,10-13,21H,3-5,8-9,14-15H2,1-2H3;4-5,8-11,19H,3,6-7,12-13H2,1-2H3;3-4,7-10,13,18H,2,5-6,11-12H2,1H3/q6*+1. The maximum atomic E-state index is 11.2. The Kier molecular flexibility index (Phi) is 33.1. The molecule has 0 amide bonds. The maximum Gasteiger partial charge on any atom is 0.162 e. The van der Waals surface area contributed by atoms with Gasteiger partial charge in [-0.05, 0) is 320 Å². The fourth-order valence-corrected chi connectivity index (χ4v) is 37.5. The van der Waals surface area contributed by atoms with Crippen LogP contribution in [0.4, 0.5) is 0 Å². The molecule has 1 unspecified atom stereocenters. The lowest BCUT2D eigenvalue weighted by Crippen LogP contribution is -2.29. The van der Waals surface area contributed by atoms with E-state index in [-0.39, 0.29) is 0 Å². The maximum absolute atomic E-state index is 11.2. The minimum Gasteiger partial charge on any atom is -0.389 e. The summed E-state index contributed by atoms with van der Waals surface area (Å²) < 4.78 is 0. The lowest BCUT2D eigenvalue weighted by atomic mass is 9.78. The Morgan fingerprint density at radius 3 is 0.727 bits per heavy atom. The van der Waals surface area contributed by atoms with Crippen LogP contribution in [0.5, 0.6) is 0 Å². The van der Waals surface area contributed by atoms with Crippen molar-refractivity contribution in [1.82, 2.24) is 0 Å². The van der Waals surface area contributed by atoms with Crippen molar-refractivity contribution in [2.24, 2.45) is 0 Å². The van der Waals surface area contributed by atoms with E-state index in [1.165, 1.54) is 292 Å². The summed E-state index contributed by atoms with van der Waals surface area (Å²) in [6.07, 6.45) is 39.5. The molecule has 0 radical (unpaired) electrons. The highest BCUT2D eigenvalue weighted by atomic mass is 32.2. The average molecular weight is 1830 g/mol. The van der Waals surface area contributed by atoms with E-state index in [9.17, 15) is 30.6 Å². The van der Waals surface area contributed by atoms with E-state index in [2.05, 4.69) is 232 Å². The first-order valence-corrected chi connectivity index (χ1v) is 59.2. The molecule has 6 aliphatic heterocycles. The van der Waals surface area contributed by atoms with Gasteiger partial charge in [0.1, 0.15) is 69.0 Å². The third kappa shape index (κ3) is 22.0. The molecule has 0 spiro atoms. The van der Waals surface area contributed by atoms with Crippen LogP contribution in [0.2, 0.25) is 0 Å². The van der Waals surface area contributed by atoms with Crippen LogP contribution in [0.15, 0.2) is 248 Å². The lowest BCUT2D eigenvalue weighted by molar-refractivity contribution is 0.000379. The number of benzene rings is 12. The van der Waals surface area contributed by atoms with Crippen LogP contribution in [0.3, 0.4) is 0 Å². The highest BCUT2D eigenvalue weighted by Gasteiger charge is 2.41. The summed E-state index contributed by atoms with van der Waals surface area (Å²) in [6.45, 7) is 9.75. The molecule has 9 fully saturated rings. The van der Waals surface area contributed by atoms with Crippen molar-refractivity contribution in [3.63, 3.8) is 0 Å². The summed E-state index contributed by atoms with van der Waals surface area (Å²) in [7, 11) is 2.46. The largest absolute Gasteiger partial charge is 0.389 e. The number of hydrogen-bond acceptors (Lipinski definition) is 6. The molecule has 6 saturated heterocycles. The molecule has 3 saturated carbocycles. The third-order valence-electron chi connectivity index (χ3n) is 29.7. The van der Waals surface area contributed by atoms with Crippen LogP contribution in [-0.4, -0.2) is 99.7 Å². The average Bonchev–Trinajstić information content (AvgIpc) is 1.63. The van der Waals surface area contributed by atoms with Gasteiger partial charge in [0.15, 0.2) is 29.4 Å². The molecule has 6 nitrogen and oxygen atoms in total. The molecule has 678 valence electrons. The molecular formula is C116H148O6S6+6. The summed E-state index contributed by atoms with van der Waals surface area (Å²) in [5.41, 5.74) is 3.45. The van der Waals surface area contributed by atoms with Gasteiger partial charge in [-0.15, -0.1) is 0 Å². The number of aliphatic hydroxyl groups is 6. The number of aliphatic hydroxyl groups excluding tert-OH is 1. The molecule has 21 rings (SSSR count). The predicted octanol–water partition coefficient (Wildman–Crippen LogP) is 28.0. The Morgan fingerprint density at radius 1 is 0.250 bits per heavy atom. The molecule has 0 aromatic heterocycles. The van der Waals surface area contributed by atoms with E-state index in [0.29, 0.717) is 65.4 Å². The van der Waals surface area contributed by atoms with Crippen LogP contribution < -0.4 is 0 Å². The third-order valence-corrected chi connectivity index (χ3v) is 45.0. The molecule has 6 heterocycles. The summed E-state index contributed by atoms with van der Waals surface area (Å²) in [4.78, 5) is 9.17. The fourth-order valence-electron chi connectivity index (χ4n) is 22.5. The molecule has 12 aromatic carbocycles. The van der Waals surface area contributed by atoms with Gasteiger partial charge in [-0.1, -0.05) is 211 Å². The Morgan fingerprint density at radius 2 is 0.453 bits per heavy atom. The molecule has 9 aliphatic rings. The summed E-state index contributed by atoms with van der Waals surface area (Å²) in [5, 5.41) is 80.7. The molecule has 0 bridgehead atoms. The van der Waals surface area contributed by atoms with Crippen LogP contribution in [0.1, 0.15) is 286 Å². The first kappa shape index (κ1) is 95.2. The summed E-state index contributed by atoms with van der Waals surface area (Å²) in [6, 6.07) is 79.2. The van der Waals surface area contributed by atoms with Crippen molar-refractivity contribution < 1.29 is 30.6 Å². The molecule has 3 aliphatic carbocycles. The van der Waals surface area contributed by atoms with Crippen molar-refractivity contribution in [2.75, 3.05) is 69.0 Å². The van der Waals surface area contributed by atoms with Gasteiger partial charge in [0.25, 0.3) is 0 Å². The number of hydrogen-bond donors (Lipinski definition) is 6. The van der Waals surface area contributed by atoms with Crippen molar-refractivity contribution >= 4 is 130 Å². The molecular weight excluding hydrogens is 1680 g/mol. The second-order valence-corrected chi connectivity index (χ2v) is 52.2. The first-order valence-electron chi connectivity index (χ1n) is 49.9. The SMILES string of the molecule is CC(C)(O)c1ccc([S+]2CCCCC2)c2ccccc12.CC(O)c1ccc([S+]2CCCCC2)c2ccccc12.CCC(O)(CC)c1ccc([S+]2CCCCC2)c2ccccc12.OC1(c2ccc([S+]3CCCC3)c3ccccc23)CCCCC1.OC1(c2ccc([S+]3CCCCC3)c3ccccc23)CCCC1.OC1(c2ccc([S+]3CCCCC3)c3ccccc23)CCCCC1. The van der Waals surface area contributed by atoms with Crippen LogP contribution in [-0.2, 0) is 93.4 Å². The van der Waals surface area contributed by atoms with Crippen LogP contribution >= 0.6 is 0 Å². The van der Waals surface area contributed by atoms with E-state index in [4.69, 9.17) is 0 Å². The molecule has 12 aromatic rings. The van der Waals surface area contributed by atoms with Crippen molar-refractivity contribution in [3.8, 4) is 0 Å². The monoisotopic (exact) mass is 1830 g/mol. The van der Waals surface area contributed by atoms with Gasteiger partial charge in [-0.25, -0.2) is 0 Å². The van der Waals surface area contributed by atoms with Crippen molar-refractivity contribution in [2.45, 2.75) is 310 Å². The minimum absolute atomic E-state index is 0.395. The minimum atomic E-state index is -0.784. The molecule has 1 atom stereocenters. The first-order chi connectivity index (χ1) is 62.4. The van der Waals surface area contributed by atoms with E-state index < -0.39 is 34.1 Å². The Labute approximate surface area is 785 Å². The lowest BCUT2D eigenvalue weighted by Gasteiger charge is -2.33. The van der Waals surface area contributed by atoms with Gasteiger partial charge in [0, 0.05) is 97.7 Å². The molecule has 128 heavy (non-hydrogen) atoms. The number of fused-ring (bicyclic) bond motifs is 6. The van der Waals surface area contributed by atoms with Crippen LogP contribution in [0.25, 0.3) is 64.6 Å². The normalized spacial score (nSPS) is 20.1. The van der Waals surface area contributed by atoms with E-state index >= 15 is 0 Å². The van der Waals surface area contributed by atoms with Crippen molar-refractivity contribution in [1.29, 1.82) is 0 Å². The van der Waals surface area contributed by atoms with Gasteiger partial charge in [-0.3, -0.25) is 0 Å². The molecule has 12 heteroatoms. The highest BCUT2D eigenvalue weighted by molar-refractivity contribution is 7.98. The smallest absolute Gasteiger partial charge is 0.162 e. The quantitative estimate of drug-likeness (QED) is 0.0604. The number of rotatable bonds is 14. The topological polar surface area (TPSA) is 121 Å². The van der Waals surface area contributed by atoms with Gasteiger partial charge >= 0.3 is 0 Å². The second-order valence-electron chi connectivity index (χ2n) is 38.8. The Hall–Kier alpha value is -5.94. The van der Waals surface area contributed by atoms with E-state index in [0.717, 1.165) is 107 Å². The predicted molar refractivity (Wildman–Crippen MR) is 561 cm³/mol. The molecule has 6 N–H and O–H groups in total. The van der Waals surface area contributed by atoms with E-state index in [1.807, 2.05) is 20.8 Å². The van der Waals surface area contributed by atoms with Gasteiger partial charge < -0.3 is 30.6 Å². The van der Waals surface area contributed by atoms with Crippen molar-refractivity contribution in [3.05, 3.63) is 252 Å². The van der Waals surface area contributed by atoms with Gasteiger partial charge in [-0.2, -0.15) is 0 Å². The Balaban J connectivity index is 0.000000113. The zero-order valence-electron chi connectivity index (χ0n) is 77.8. The van der Waals surface area contributed by atoms with Gasteiger partial charge in [0.05, 0.1) is 34.1 Å². The van der Waals surface area contributed by atoms with Gasteiger partial charge in [0.2, 0.25) is 0 Å². The van der Waals surface area contributed by atoms with E-state index in [1.54, 1.807) is 9.79 Å². The zero-order valence-corrected chi connectivity index (χ0v) is 82.7. The second kappa shape index (κ2) is 44.5. The summed E-state index contributed by atoms with van der Waals surface area (Å²) >= 11 is 0. The zero-order chi connectivity index (χ0) is 88.7. The Bertz CT molecular complexity index is 5520. The van der Waals surface area contributed by atoms with Crippen LogP contribution in [0, 0.1) is 0 Å².